The highest BCUT2D eigenvalue weighted by atomic mass is 32.2. The van der Waals surface area contributed by atoms with Crippen LogP contribution in [0.15, 0.2) is 53.4 Å². The molecule has 1 aliphatic heterocycles. The molecule has 3 rings (SSSR count). The molecule has 1 saturated heterocycles. The second kappa shape index (κ2) is 9.41. The van der Waals surface area contributed by atoms with Crippen LogP contribution in [0, 0.1) is 0 Å². The molecule has 1 amide bonds. The standard InChI is InChI=1S/C22H29N3O3S/c1-3-17(2)24-29(27,28)21-13-7-18(8-14-21)22(26)23-19-9-11-20(12-10-19)25-15-5-4-6-16-25/h7-14,17,24H,3-6,15-16H2,1-2H3,(H,23,26). The number of nitrogens with zero attached hydrogens (tertiary/aromatic N) is 1. The SMILES string of the molecule is CCC(C)NS(=O)(=O)c1ccc(C(=O)Nc2ccc(N3CCCCC3)cc2)cc1. The van der Waals surface area contributed by atoms with Crippen molar-refractivity contribution in [3.8, 4) is 0 Å². The van der Waals surface area contributed by atoms with Crippen LogP contribution in [0.3, 0.4) is 0 Å². The van der Waals surface area contributed by atoms with Gasteiger partial charge in [0, 0.05) is 36.1 Å². The van der Waals surface area contributed by atoms with Crippen molar-refractivity contribution in [2.24, 2.45) is 0 Å². The van der Waals surface area contributed by atoms with Gasteiger partial charge in [0.05, 0.1) is 4.90 Å². The largest absolute Gasteiger partial charge is 0.372 e. The summed E-state index contributed by atoms with van der Waals surface area (Å²) in [7, 11) is -3.57. The fourth-order valence-corrected chi connectivity index (χ4v) is 4.64. The number of anilines is 2. The number of piperidine rings is 1. The van der Waals surface area contributed by atoms with Crippen molar-refractivity contribution in [2.45, 2.75) is 50.5 Å². The van der Waals surface area contributed by atoms with Crippen LogP contribution in [0.25, 0.3) is 0 Å². The second-order valence-electron chi connectivity index (χ2n) is 7.50. The minimum absolute atomic E-state index is 0.143. The van der Waals surface area contributed by atoms with Gasteiger partial charge in [-0.3, -0.25) is 4.79 Å². The van der Waals surface area contributed by atoms with E-state index in [0.29, 0.717) is 17.7 Å². The first-order valence-electron chi connectivity index (χ1n) is 10.2. The Kier molecular flexibility index (Phi) is 6.92. The Morgan fingerprint density at radius 2 is 1.62 bits per heavy atom. The van der Waals surface area contributed by atoms with Gasteiger partial charge in [0.2, 0.25) is 10.0 Å². The molecule has 156 valence electrons. The summed E-state index contributed by atoms with van der Waals surface area (Å²) in [6.07, 6.45) is 4.43. The lowest BCUT2D eigenvalue weighted by Crippen LogP contribution is -2.32. The summed E-state index contributed by atoms with van der Waals surface area (Å²) in [5.41, 5.74) is 2.30. The van der Waals surface area contributed by atoms with Gasteiger partial charge in [0.15, 0.2) is 0 Å². The van der Waals surface area contributed by atoms with Crippen LogP contribution < -0.4 is 14.9 Å². The number of carbonyl (C=O) groups is 1. The molecule has 6 nitrogen and oxygen atoms in total. The van der Waals surface area contributed by atoms with E-state index in [-0.39, 0.29) is 16.8 Å². The maximum Gasteiger partial charge on any atom is 0.255 e. The Hall–Kier alpha value is -2.38. The third-order valence-corrected chi connectivity index (χ3v) is 6.85. The minimum atomic E-state index is -3.57. The topological polar surface area (TPSA) is 78.5 Å². The monoisotopic (exact) mass is 415 g/mol. The molecule has 2 N–H and O–H groups in total. The van der Waals surface area contributed by atoms with E-state index in [4.69, 9.17) is 0 Å². The van der Waals surface area contributed by atoms with Crippen LogP contribution >= 0.6 is 0 Å². The third-order valence-electron chi connectivity index (χ3n) is 5.24. The summed E-state index contributed by atoms with van der Waals surface area (Å²) in [6.45, 7) is 5.88. The quantitative estimate of drug-likeness (QED) is 0.716. The predicted octanol–water partition coefficient (Wildman–Crippen LogP) is 4.01. The molecule has 2 aromatic rings. The van der Waals surface area contributed by atoms with Gasteiger partial charge < -0.3 is 10.2 Å². The lowest BCUT2D eigenvalue weighted by atomic mass is 10.1. The molecule has 0 bridgehead atoms. The third kappa shape index (κ3) is 5.58. The summed E-state index contributed by atoms with van der Waals surface area (Å²) >= 11 is 0. The van der Waals surface area contributed by atoms with Gasteiger partial charge in [-0.1, -0.05) is 6.92 Å². The average Bonchev–Trinajstić information content (AvgIpc) is 2.74. The number of rotatable bonds is 7. The van der Waals surface area contributed by atoms with Crippen molar-refractivity contribution in [2.75, 3.05) is 23.3 Å². The molecule has 29 heavy (non-hydrogen) atoms. The first kappa shape index (κ1) is 21.3. The first-order valence-corrected chi connectivity index (χ1v) is 11.7. The summed E-state index contributed by atoms with van der Waals surface area (Å²) in [5, 5.41) is 2.87. The highest BCUT2D eigenvalue weighted by Crippen LogP contribution is 2.22. The van der Waals surface area contributed by atoms with Crippen LogP contribution in [0.5, 0.6) is 0 Å². The predicted molar refractivity (Wildman–Crippen MR) is 117 cm³/mol. The van der Waals surface area contributed by atoms with E-state index in [1.807, 2.05) is 38.1 Å². The van der Waals surface area contributed by atoms with Crippen LogP contribution in [-0.2, 0) is 10.0 Å². The Labute approximate surface area is 173 Å². The van der Waals surface area contributed by atoms with Crippen LogP contribution in [-0.4, -0.2) is 33.5 Å². The molecule has 1 unspecified atom stereocenters. The van der Waals surface area contributed by atoms with Crippen molar-refractivity contribution in [1.82, 2.24) is 4.72 Å². The molecule has 0 aliphatic carbocycles. The van der Waals surface area contributed by atoms with E-state index in [9.17, 15) is 13.2 Å². The molecule has 1 heterocycles. The number of nitrogens with one attached hydrogen (secondary N) is 2. The van der Waals surface area contributed by atoms with E-state index >= 15 is 0 Å². The normalized spacial score (nSPS) is 15.7. The second-order valence-corrected chi connectivity index (χ2v) is 9.22. The fourth-order valence-electron chi connectivity index (χ4n) is 3.31. The molecule has 1 aliphatic rings. The summed E-state index contributed by atoms with van der Waals surface area (Å²) in [4.78, 5) is 15.0. The zero-order valence-electron chi connectivity index (χ0n) is 17.0. The smallest absolute Gasteiger partial charge is 0.255 e. The highest BCUT2D eigenvalue weighted by molar-refractivity contribution is 7.89. The van der Waals surface area contributed by atoms with Gasteiger partial charge in [-0.25, -0.2) is 13.1 Å². The van der Waals surface area contributed by atoms with E-state index in [1.165, 1.54) is 49.2 Å². The van der Waals surface area contributed by atoms with E-state index in [2.05, 4.69) is 14.9 Å². The van der Waals surface area contributed by atoms with E-state index in [0.717, 1.165) is 13.1 Å². The van der Waals surface area contributed by atoms with Gasteiger partial charge >= 0.3 is 0 Å². The number of carbonyl (C=O) groups excluding carboxylic acids is 1. The fraction of sp³-hybridized carbons (Fsp3) is 0.409. The van der Waals surface area contributed by atoms with E-state index < -0.39 is 10.0 Å². The van der Waals surface area contributed by atoms with Gasteiger partial charge in [-0.05, 0) is 81.1 Å². The summed E-state index contributed by atoms with van der Waals surface area (Å²) in [5.74, 6) is -0.269. The lowest BCUT2D eigenvalue weighted by molar-refractivity contribution is 0.102. The van der Waals surface area contributed by atoms with Crippen LogP contribution in [0.2, 0.25) is 0 Å². The number of benzene rings is 2. The maximum absolute atomic E-state index is 12.5. The van der Waals surface area contributed by atoms with Gasteiger partial charge in [0.1, 0.15) is 0 Å². The number of sulfonamides is 1. The average molecular weight is 416 g/mol. The van der Waals surface area contributed by atoms with Crippen molar-refractivity contribution in [1.29, 1.82) is 0 Å². The summed E-state index contributed by atoms with van der Waals surface area (Å²) < 4.78 is 27.3. The zero-order valence-corrected chi connectivity index (χ0v) is 17.8. The number of amides is 1. The number of hydrogen-bond acceptors (Lipinski definition) is 4. The van der Waals surface area contributed by atoms with Crippen LogP contribution in [0.1, 0.15) is 49.9 Å². The molecule has 1 atom stereocenters. The molecule has 0 saturated carbocycles. The molecule has 0 radical (unpaired) electrons. The molecular weight excluding hydrogens is 386 g/mol. The molecule has 7 heteroatoms. The van der Waals surface area contributed by atoms with Crippen molar-refractivity contribution in [3.05, 3.63) is 54.1 Å². The minimum Gasteiger partial charge on any atom is -0.372 e. The molecule has 2 aromatic carbocycles. The van der Waals surface area contributed by atoms with Crippen LogP contribution in [0.4, 0.5) is 11.4 Å². The molecule has 0 aromatic heterocycles. The molecular formula is C22H29N3O3S. The molecule has 0 spiro atoms. The van der Waals surface area contributed by atoms with Crippen molar-refractivity contribution in [3.63, 3.8) is 0 Å². The summed E-state index contributed by atoms with van der Waals surface area (Å²) in [6, 6.07) is 13.7. The zero-order chi connectivity index (χ0) is 20.9. The van der Waals surface area contributed by atoms with Gasteiger partial charge in [-0.15, -0.1) is 0 Å². The lowest BCUT2D eigenvalue weighted by Gasteiger charge is -2.28. The van der Waals surface area contributed by atoms with Crippen molar-refractivity contribution >= 4 is 27.3 Å². The Morgan fingerprint density at radius 3 is 2.21 bits per heavy atom. The Morgan fingerprint density at radius 1 is 1.00 bits per heavy atom. The maximum atomic E-state index is 12.5. The highest BCUT2D eigenvalue weighted by Gasteiger charge is 2.17. The number of hydrogen-bond donors (Lipinski definition) is 2. The first-order chi connectivity index (χ1) is 13.9. The van der Waals surface area contributed by atoms with Crippen molar-refractivity contribution < 1.29 is 13.2 Å². The molecule has 1 fully saturated rings. The Bertz CT molecular complexity index is 919. The Balaban J connectivity index is 1.63. The van der Waals surface area contributed by atoms with Gasteiger partial charge in [-0.2, -0.15) is 0 Å². The van der Waals surface area contributed by atoms with E-state index in [1.54, 1.807) is 0 Å². The van der Waals surface area contributed by atoms with Gasteiger partial charge in [0.25, 0.3) is 5.91 Å².